The number of carboxylic acids is 1. The molecule has 8 nitrogen and oxygen atoms in total. The number of hydrogen-bond donors (Lipinski definition) is 3. The summed E-state index contributed by atoms with van der Waals surface area (Å²) in [5.74, 6) is -0.894. The van der Waals surface area contributed by atoms with Crippen molar-refractivity contribution in [3.05, 3.63) is 41.0 Å². The maximum atomic E-state index is 11.6. The zero-order valence-corrected chi connectivity index (χ0v) is 11.5. The lowest BCUT2D eigenvalue weighted by molar-refractivity contribution is -0.138. The number of benzene rings is 1. The molecule has 3 N–H and O–H groups in total. The van der Waals surface area contributed by atoms with E-state index in [1.165, 1.54) is 6.20 Å². The van der Waals surface area contributed by atoms with Crippen LogP contribution in [0.5, 0.6) is 0 Å². The highest BCUT2D eigenvalue weighted by atomic mass is 35.5. The lowest BCUT2D eigenvalue weighted by Gasteiger charge is -2.05. The highest BCUT2D eigenvalue weighted by Crippen LogP contribution is 2.09. The molecule has 0 aliphatic carbocycles. The Morgan fingerprint density at radius 3 is 2.67 bits per heavy atom. The number of aromatic nitrogens is 3. The summed E-state index contributed by atoms with van der Waals surface area (Å²) in [7, 11) is 0. The molecule has 0 atom stereocenters. The molecule has 0 radical (unpaired) electrons. The number of carboxylic acid groups (broad SMARTS) is 1. The summed E-state index contributed by atoms with van der Waals surface area (Å²) in [6.07, 6.45) is 1.27. The molecule has 9 heteroatoms. The van der Waals surface area contributed by atoms with Crippen molar-refractivity contribution in [3.8, 4) is 0 Å². The first-order valence-corrected chi connectivity index (χ1v) is 6.32. The van der Waals surface area contributed by atoms with Gasteiger partial charge in [-0.2, -0.15) is 9.90 Å². The molecule has 0 saturated carbocycles. The number of nitrogens with one attached hydrogen (secondary N) is 2. The molecule has 1 aromatic heterocycles. The Morgan fingerprint density at radius 1 is 1.29 bits per heavy atom. The van der Waals surface area contributed by atoms with Gasteiger partial charge in [0, 0.05) is 11.6 Å². The Bertz CT molecular complexity index is 641. The Morgan fingerprint density at radius 2 is 2.00 bits per heavy atom. The average molecular weight is 310 g/mol. The van der Waals surface area contributed by atoms with Crippen LogP contribution in [0.1, 0.15) is 5.56 Å². The largest absolute Gasteiger partial charge is 0.480 e. The number of rotatable bonds is 5. The van der Waals surface area contributed by atoms with Gasteiger partial charge in [-0.3, -0.25) is 10.1 Å². The van der Waals surface area contributed by atoms with Crippen molar-refractivity contribution in [3.63, 3.8) is 0 Å². The van der Waals surface area contributed by atoms with Crippen molar-refractivity contribution in [2.75, 3.05) is 5.32 Å². The van der Waals surface area contributed by atoms with Crippen molar-refractivity contribution in [1.29, 1.82) is 0 Å². The fraction of sp³-hybridized carbons (Fsp3) is 0.167. The maximum Gasteiger partial charge on any atom is 0.327 e. The fourth-order valence-corrected chi connectivity index (χ4v) is 1.62. The first-order valence-electron chi connectivity index (χ1n) is 5.94. The van der Waals surface area contributed by atoms with Crippen LogP contribution in [0.4, 0.5) is 10.6 Å². The minimum absolute atomic E-state index is 0.171. The van der Waals surface area contributed by atoms with Crippen molar-refractivity contribution < 1.29 is 14.7 Å². The molecule has 2 rings (SSSR count). The Balaban J connectivity index is 1.82. The van der Waals surface area contributed by atoms with Crippen LogP contribution in [0, 0.1) is 0 Å². The van der Waals surface area contributed by atoms with Gasteiger partial charge < -0.3 is 10.4 Å². The molecule has 21 heavy (non-hydrogen) atoms. The van der Waals surface area contributed by atoms with Crippen LogP contribution in [0.25, 0.3) is 0 Å². The van der Waals surface area contributed by atoms with Crippen LogP contribution >= 0.6 is 11.6 Å². The van der Waals surface area contributed by atoms with Crippen LogP contribution in [0.15, 0.2) is 30.5 Å². The van der Waals surface area contributed by atoms with Gasteiger partial charge >= 0.3 is 12.0 Å². The van der Waals surface area contributed by atoms with Gasteiger partial charge in [0.25, 0.3) is 0 Å². The zero-order valence-electron chi connectivity index (χ0n) is 10.8. The van der Waals surface area contributed by atoms with Crippen LogP contribution in [-0.2, 0) is 17.9 Å². The summed E-state index contributed by atoms with van der Waals surface area (Å²) < 4.78 is 0. The summed E-state index contributed by atoms with van der Waals surface area (Å²) in [5, 5.41) is 21.8. The van der Waals surface area contributed by atoms with Crippen molar-refractivity contribution >= 4 is 29.4 Å². The third kappa shape index (κ3) is 4.77. The number of amides is 2. The van der Waals surface area contributed by atoms with Gasteiger partial charge in [0.05, 0.1) is 6.20 Å². The highest BCUT2D eigenvalue weighted by Gasteiger charge is 2.07. The van der Waals surface area contributed by atoms with Crippen LogP contribution in [0.3, 0.4) is 0 Å². The van der Waals surface area contributed by atoms with Gasteiger partial charge in [-0.05, 0) is 17.7 Å². The molecule has 1 aromatic carbocycles. The van der Waals surface area contributed by atoms with E-state index >= 15 is 0 Å². The number of carbonyl (C=O) groups excluding carboxylic acids is 1. The molecule has 0 fully saturated rings. The second-order valence-corrected chi connectivity index (χ2v) is 4.52. The van der Waals surface area contributed by atoms with E-state index in [9.17, 15) is 9.59 Å². The predicted molar refractivity (Wildman–Crippen MR) is 75.0 cm³/mol. The molecule has 0 unspecified atom stereocenters. The van der Waals surface area contributed by atoms with Gasteiger partial charge in [0.1, 0.15) is 0 Å². The lowest BCUT2D eigenvalue weighted by Crippen LogP contribution is -2.28. The molecule has 0 bridgehead atoms. The Hall–Kier alpha value is -2.61. The summed E-state index contributed by atoms with van der Waals surface area (Å²) in [4.78, 5) is 23.1. The van der Waals surface area contributed by atoms with Crippen LogP contribution in [-0.4, -0.2) is 32.1 Å². The summed E-state index contributed by atoms with van der Waals surface area (Å²) in [6, 6.07) is 6.59. The minimum Gasteiger partial charge on any atom is -0.480 e. The van der Waals surface area contributed by atoms with E-state index in [1.54, 1.807) is 24.3 Å². The van der Waals surface area contributed by atoms with Crippen LogP contribution < -0.4 is 10.6 Å². The molecule has 0 aliphatic heterocycles. The number of hydrogen-bond acceptors (Lipinski definition) is 4. The van der Waals surface area contributed by atoms with Gasteiger partial charge in [-0.1, -0.05) is 23.7 Å². The lowest BCUT2D eigenvalue weighted by atomic mass is 10.2. The topological polar surface area (TPSA) is 109 Å². The summed E-state index contributed by atoms with van der Waals surface area (Å²) in [6.45, 7) is -0.0413. The normalized spacial score (nSPS) is 10.1. The smallest absolute Gasteiger partial charge is 0.327 e. The zero-order chi connectivity index (χ0) is 15.2. The fourth-order valence-electron chi connectivity index (χ4n) is 1.50. The van der Waals surface area contributed by atoms with E-state index in [0.29, 0.717) is 11.6 Å². The molecule has 0 spiro atoms. The minimum atomic E-state index is -1.07. The van der Waals surface area contributed by atoms with Crippen molar-refractivity contribution in [2.24, 2.45) is 0 Å². The van der Waals surface area contributed by atoms with E-state index in [2.05, 4.69) is 20.8 Å². The second kappa shape index (κ2) is 6.71. The molecule has 0 saturated heterocycles. The first-order chi connectivity index (χ1) is 10.0. The number of halogens is 1. The molecule has 110 valence electrons. The van der Waals surface area contributed by atoms with E-state index < -0.39 is 12.0 Å². The summed E-state index contributed by atoms with van der Waals surface area (Å²) in [5.41, 5.74) is 0.893. The molecule has 0 aliphatic rings. The molecular formula is C12H12ClN5O3. The number of anilines is 1. The summed E-state index contributed by atoms with van der Waals surface area (Å²) >= 11 is 5.76. The quantitative estimate of drug-likeness (QED) is 0.772. The Labute approximate surface area is 124 Å². The molecular weight excluding hydrogens is 298 g/mol. The first kappa shape index (κ1) is 14.8. The SMILES string of the molecule is O=C(O)Cn1ncc(NC(=O)NCc2ccc(Cl)cc2)n1. The van der Waals surface area contributed by atoms with Gasteiger partial charge in [0.2, 0.25) is 0 Å². The second-order valence-electron chi connectivity index (χ2n) is 4.09. The number of carbonyl (C=O) groups is 2. The van der Waals surface area contributed by atoms with Crippen molar-refractivity contribution in [1.82, 2.24) is 20.3 Å². The van der Waals surface area contributed by atoms with E-state index in [0.717, 1.165) is 10.4 Å². The third-order valence-electron chi connectivity index (χ3n) is 2.42. The molecule has 2 amide bonds. The van der Waals surface area contributed by atoms with E-state index in [1.807, 2.05) is 0 Å². The maximum absolute atomic E-state index is 11.6. The van der Waals surface area contributed by atoms with Crippen molar-refractivity contribution in [2.45, 2.75) is 13.1 Å². The van der Waals surface area contributed by atoms with E-state index in [-0.39, 0.29) is 12.4 Å². The number of aliphatic carboxylic acids is 1. The monoisotopic (exact) mass is 309 g/mol. The highest BCUT2D eigenvalue weighted by molar-refractivity contribution is 6.30. The third-order valence-corrected chi connectivity index (χ3v) is 2.67. The standard InChI is InChI=1S/C12H12ClN5O3/c13-9-3-1-8(2-4-9)5-14-12(21)16-10-6-15-18(17-10)7-11(19)20/h1-4,6H,5,7H2,(H,19,20)(H2,14,16,17,21). The Kier molecular flexibility index (Phi) is 4.72. The van der Waals surface area contributed by atoms with Gasteiger partial charge in [-0.25, -0.2) is 4.79 Å². The molecule has 2 aromatic rings. The van der Waals surface area contributed by atoms with Gasteiger partial charge in [-0.15, -0.1) is 5.10 Å². The van der Waals surface area contributed by atoms with Crippen LogP contribution in [0.2, 0.25) is 5.02 Å². The number of nitrogens with zero attached hydrogens (tertiary/aromatic N) is 3. The number of urea groups is 1. The predicted octanol–water partition coefficient (Wildman–Crippen LogP) is 1.34. The average Bonchev–Trinajstić information content (AvgIpc) is 2.84. The molecule has 1 heterocycles. The van der Waals surface area contributed by atoms with E-state index in [4.69, 9.17) is 16.7 Å². The van der Waals surface area contributed by atoms with Gasteiger partial charge in [0.15, 0.2) is 12.4 Å².